The van der Waals surface area contributed by atoms with Gasteiger partial charge in [0.25, 0.3) is 5.56 Å². The molecule has 3 heterocycles. The second kappa shape index (κ2) is 5.17. The SMILES string of the molecule is Cc1nc2cc(-c3cccs3)[nH]n2c(=O)c1CCC(=O)O. The minimum absolute atomic E-state index is 0.0810. The van der Waals surface area contributed by atoms with Gasteiger partial charge in [-0.1, -0.05) is 6.07 Å². The fourth-order valence-electron chi connectivity index (χ4n) is 2.25. The zero-order valence-electron chi connectivity index (χ0n) is 11.3. The van der Waals surface area contributed by atoms with Crippen LogP contribution in [-0.2, 0) is 11.2 Å². The summed E-state index contributed by atoms with van der Waals surface area (Å²) in [5.74, 6) is -0.926. The van der Waals surface area contributed by atoms with Crippen molar-refractivity contribution >= 4 is 23.0 Å². The maximum atomic E-state index is 12.4. The van der Waals surface area contributed by atoms with E-state index < -0.39 is 5.97 Å². The van der Waals surface area contributed by atoms with Crippen molar-refractivity contribution < 1.29 is 9.90 Å². The molecular weight excluding hydrogens is 290 g/mol. The predicted octanol–water partition coefficient (Wildman–Crippen LogP) is 2.08. The Hall–Kier alpha value is -2.41. The van der Waals surface area contributed by atoms with Crippen LogP contribution < -0.4 is 5.56 Å². The lowest BCUT2D eigenvalue weighted by atomic mass is 10.1. The molecule has 0 bridgehead atoms. The summed E-state index contributed by atoms with van der Waals surface area (Å²) in [6, 6.07) is 5.71. The number of nitrogens with zero attached hydrogens (tertiary/aromatic N) is 2. The summed E-state index contributed by atoms with van der Waals surface area (Å²) in [4.78, 5) is 28.5. The highest BCUT2D eigenvalue weighted by Gasteiger charge is 2.14. The number of carbonyl (C=O) groups is 1. The Kier molecular flexibility index (Phi) is 3.34. The van der Waals surface area contributed by atoms with Crippen molar-refractivity contribution in [2.75, 3.05) is 0 Å². The predicted molar refractivity (Wildman–Crippen MR) is 79.8 cm³/mol. The van der Waals surface area contributed by atoms with Crippen molar-refractivity contribution in [3.05, 3.63) is 45.2 Å². The fourth-order valence-corrected chi connectivity index (χ4v) is 2.94. The van der Waals surface area contributed by atoms with E-state index in [1.807, 2.05) is 23.6 Å². The summed E-state index contributed by atoms with van der Waals surface area (Å²) < 4.78 is 1.37. The van der Waals surface area contributed by atoms with Crippen molar-refractivity contribution in [1.29, 1.82) is 0 Å². The molecule has 0 aromatic carbocycles. The third-order valence-corrected chi connectivity index (χ3v) is 4.19. The Labute approximate surface area is 123 Å². The highest BCUT2D eigenvalue weighted by Crippen LogP contribution is 2.23. The molecule has 0 aliphatic carbocycles. The number of aromatic amines is 1. The van der Waals surface area contributed by atoms with Crippen LogP contribution in [0.2, 0.25) is 0 Å². The van der Waals surface area contributed by atoms with Crippen LogP contribution in [-0.4, -0.2) is 25.7 Å². The summed E-state index contributed by atoms with van der Waals surface area (Å²) in [5.41, 5.74) is 2.15. The van der Waals surface area contributed by atoms with Gasteiger partial charge in [-0.3, -0.25) is 14.7 Å². The van der Waals surface area contributed by atoms with Gasteiger partial charge in [0.2, 0.25) is 0 Å². The van der Waals surface area contributed by atoms with Crippen LogP contribution in [0.4, 0.5) is 0 Å². The van der Waals surface area contributed by atoms with Crippen molar-refractivity contribution in [3.63, 3.8) is 0 Å². The van der Waals surface area contributed by atoms with Crippen molar-refractivity contribution in [1.82, 2.24) is 14.6 Å². The lowest BCUT2D eigenvalue weighted by Gasteiger charge is -2.03. The Morgan fingerprint density at radius 3 is 3.00 bits per heavy atom. The number of hydrogen-bond donors (Lipinski definition) is 2. The van der Waals surface area contributed by atoms with Crippen molar-refractivity contribution in [3.8, 4) is 10.6 Å². The molecule has 0 spiro atoms. The van der Waals surface area contributed by atoms with E-state index in [2.05, 4.69) is 10.1 Å². The number of aliphatic carboxylic acids is 1. The van der Waals surface area contributed by atoms with E-state index in [1.165, 1.54) is 4.52 Å². The zero-order valence-corrected chi connectivity index (χ0v) is 12.1. The summed E-state index contributed by atoms with van der Waals surface area (Å²) in [5, 5.41) is 13.7. The average molecular weight is 303 g/mol. The number of thiophene rings is 1. The van der Waals surface area contributed by atoms with Gasteiger partial charge in [0.1, 0.15) is 0 Å². The third kappa shape index (κ3) is 2.47. The smallest absolute Gasteiger partial charge is 0.303 e. The average Bonchev–Trinajstić information content (AvgIpc) is 3.05. The molecule has 0 aliphatic heterocycles. The molecule has 2 N–H and O–H groups in total. The molecule has 0 amide bonds. The summed E-state index contributed by atoms with van der Waals surface area (Å²) in [6.45, 7) is 1.73. The van der Waals surface area contributed by atoms with Crippen LogP contribution >= 0.6 is 11.3 Å². The normalized spacial score (nSPS) is 11.1. The molecule has 6 nitrogen and oxygen atoms in total. The highest BCUT2D eigenvalue weighted by molar-refractivity contribution is 7.13. The van der Waals surface area contributed by atoms with Gasteiger partial charge in [-0.05, 0) is 24.8 Å². The first-order valence-electron chi connectivity index (χ1n) is 6.43. The van der Waals surface area contributed by atoms with Crippen molar-refractivity contribution in [2.45, 2.75) is 19.8 Å². The molecular formula is C14H13N3O3S. The molecule has 3 aromatic rings. The van der Waals surface area contributed by atoms with Gasteiger partial charge in [0.15, 0.2) is 5.65 Å². The van der Waals surface area contributed by atoms with Gasteiger partial charge in [-0.25, -0.2) is 9.50 Å². The van der Waals surface area contributed by atoms with Crippen LogP contribution in [0.15, 0.2) is 28.4 Å². The van der Waals surface area contributed by atoms with Gasteiger partial charge in [0.05, 0.1) is 10.6 Å². The number of aryl methyl sites for hydroxylation is 1. The van der Waals surface area contributed by atoms with Crippen molar-refractivity contribution in [2.24, 2.45) is 0 Å². The first-order chi connectivity index (χ1) is 10.1. The van der Waals surface area contributed by atoms with E-state index in [0.29, 0.717) is 16.9 Å². The number of nitrogens with one attached hydrogen (secondary N) is 1. The van der Waals surface area contributed by atoms with Crippen LogP contribution in [0.1, 0.15) is 17.7 Å². The number of aromatic nitrogens is 3. The van der Waals surface area contributed by atoms with Gasteiger partial charge in [-0.15, -0.1) is 11.3 Å². The van der Waals surface area contributed by atoms with Crippen LogP contribution in [0.3, 0.4) is 0 Å². The van der Waals surface area contributed by atoms with E-state index in [9.17, 15) is 9.59 Å². The van der Waals surface area contributed by atoms with E-state index in [-0.39, 0.29) is 18.4 Å². The Morgan fingerprint density at radius 1 is 1.52 bits per heavy atom. The molecule has 7 heteroatoms. The topological polar surface area (TPSA) is 87.5 Å². The lowest BCUT2D eigenvalue weighted by molar-refractivity contribution is -0.136. The fraction of sp³-hybridized carbons (Fsp3) is 0.214. The summed E-state index contributed by atoms with van der Waals surface area (Å²) in [7, 11) is 0. The molecule has 108 valence electrons. The third-order valence-electron chi connectivity index (χ3n) is 3.29. The molecule has 0 unspecified atom stereocenters. The number of fused-ring (bicyclic) bond motifs is 1. The largest absolute Gasteiger partial charge is 0.481 e. The zero-order chi connectivity index (χ0) is 15.0. The first-order valence-corrected chi connectivity index (χ1v) is 7.31. The first kappa shape index (κ1) is 13.6. The van der Waals surface area contributed by atoms with E-state index in [1.54, 1.807) is 18.3 Å². The highest BCUT2D eigenvalue weighted by atomic mass is 32.1. The molecule has 3 aromatic heterocycles. The minimum atomic E-state index is -0.926. The lowest BCUT2D eigenvalue weighted by Crippen LogP contribution is -2.22. The monoisotopic (exact) mass is 303 g/mol. The van der Waals surface area contributed by atoms with E-state index in [4.69, 9.17) is 5.11 Å². The molecule has 0 aliphatic rings. The molecule has 0 fully saturated rings. The summed E-state index contributed by atoms with van der Waals surface area (Å²) >= 11 is 1.57. The van der Waals surface area contributed by atoms with Gasteiger partial charge < -0.3 is 5.11 Å². The number of rotatable bonds is 4. The summed E-state index contributed by atoms with van der Waals surface area (Å²) in [6.07, 6.45) is 0.103. The number of carboxylic acid groups (broad SMARTS) is 1. The molecule has 0 radical (unpaired) electrons. The maximum absolute atomic E-state index is 12.4. The van der Waals surface area contributed by atoms with Crippen LogP contribution in [0.25, 0.3) is 16.2 Å². The van der Waals surface area contributed by atoms with Crippen LogP contribution in [0, 0.1) is 6.92 Å². The van der Waals surface area contributed by atoms with E-state index in [0.717, 1.165) is 10.6 Å². The number of carboxylic acids is 1. The number of H-pyrrole nitrogens is 1. The maximum Gasteiger partial charge on any atom is 0.303 e. The molecule has 21 heavy (non-hydrogen) atoms. The Morgan fingerprint density at radius 2 is 2.33 bits per heavy atom. The second-order valence-electron chi connectivity index (χ2n) is 4.72. The standard InChI is InChI=1S/C14H13N3O3S/c1-8-9(4-5-13(18)19)14(20)17-12(15-8)7-10(16-17)11-3-2-6-21-11/h2-3,6-7,16H,4-5H2,1H3,(H,18,19). The molecule has 3 rings (SSSR count). The van der Waals surface area contributed by atoms with Gasteiger partial charge >= 0.3 is 5.97 Å². The second-order valence-corrected chi connectivity index (χ2v) is 5.66. The Balaban J connectivity index is 2.11. The van der Waals surface area contributed by atoms with Gasteiger partial charge in [0, 0.05) is 23.7 Å². The van der Waals surface area contributed by atoms with E-state index >= 15 is 0 Å². The quantitative estimate of drug-likeness (QED) is 0.772. The number of hydrogen-bond acceptors (Lipinski definition) is 4. The Bertz CT molecular complexity index is 862. The van der Waals surface area contributed by atoms with Gasteiger partial charge in [-0.2, -0.15) is 0 Å². The molecule has 0 atom stereocenters. The van der Waals surface area contributed by atoms with Crippen LogP contribution in [0.5, 0.6) is 0 Å². The minimum Gasteiger partial charge on any atom is -0.481 e. The molecule has 0 saturated carbocycles. The molecule has 0 saturated heterocycles.